The van der Waals surface area contributed by atoms with E-state index in [1.54, 1.807) is 24.3 Å². The highest BCUT2D eigenvalue weighted by molar-refractivity contribution is 7.80. The van der Waals surface area contributed by atoms with Gasteiger partial charge in [-0.1, -0.05) is 31.9 Å². The van der Waals surface area contributed by atoms with E-state index in [0.717, 1.165) is 49.0 Å². The summed E-state index contributed by atoms with van der Waals surface area (Å²) in [5.74, 6) is 1.24. The molecular weight excluding hydrogens is 430 g/mol. The Bertz CT molecular complexity index is 896. The van der Waals surface area contributed by atoms with E-state index in [0.29, 0.717) is 17.2 Å². The van der Waals surface area contributed by atoms with E-state index < -0.39 is 0 Å². The van der Waals surface area contributed by atoms with Gasteiger partial charge < -0.3 is 15.0 Å². The van der Waals surface area contributed by atoms with Crippen molar-refractivity contribution in [2.45, 2.75) is 39.5 Å². The molecule has 1 aliphatic rings. The number of hydrogen-bond donors (Lipinski definition) is 2. The zero-order valence-electron chi connectivity index (χ0n) is 18.1. The summed E-state index contributed by atoms with van der Waals surface area (Å²) in [6, 6.07) is 12.8. The first-order chi connectivity index (χ1) is 15.0. The largest absolute Gasteiger partial charge is 0.494 e. The number of rotatable bonds is 7. The van der Waals surface area contributed by atoms with E-state index in [4.69, 9.17) is 28.6 Å². The van der Waals surface area contributed by atoms with Crippen molar-refractivity contribution in [1.82, 2.24) is 5.32 Å². The van der Waals surface area contributed by atoms with Crippen LogP contribution in [0.15, 0.2) is 42.5 Å². The lowest BCUT2D eigenvalue weighted by atomic mass is 9.99. The highest BCUT2D eigenvalue weighted by atomic mass is 35.5. The second kappa shape index (κ2) is 11.3. The van der Waals surface area contributed by atoms with Crippen LogP contribution in [-0.2, 0) is 0 Å². The van der Waals surface area contributed by atoms with Gasteiger partial charge in [-0.25, -0.2) is 0 Å². The zero-order chi connectivity index (χ0) is 22.2. The number of nitrogens with zero attached hydrogens (tertiary/aromatic N) is 1. The number of carbonyl (C=O) groups excluding carboxylic acids is 1. The Labute approximate surface area is 195 Å². The van der Waals surface area contributed by atoms with Gasteiger partial charge in [0, 0.05) is 24.3 Å². The van der Waals surface area contributed by atoms with Gasteiger partial charge in [0.05, 0.1) is 17.3 Å². The number of carbonyl (C=O) groups is 1. The fourth-order valence-corrected chi connectivity index (χ4v) is 3.98. The summed E-state index contributed by atoms with van der Waals surface area (Å²) < 4.78 is 5.63. The molecule has 2 aromatic carbocycles. The number of anilines is 2. The van der Waals surface area contributed by atoms with Crippen molar-refractivity contribution in [2.24, 2.45) is 5.92 Å². The maximum Gasteiger partial charge on any atom is 0.257 e. The molecule has 1 aliphatic heterocycles. The highest BCUT2D eigenvalue weighted by Crippen LogP contribution is 2.31. The Balaban J connectivity index is 1.53. The standard InChI is InChI=1S/C24H30ClN3O2S/c1-3-4-15-30-20-8-5-18(6-9-20)23(29)27-24(31)26-19-7-10-22(21(25)16-19)28-13-11-17(2)12-14-28/h5-10,16-17H,3-4,11-15H2,1-2H3,(H2,26,27,29,31). The normalized spacial score (nSPS) is 14.2. The van der Waals surface area contributed by atoms with E-state index in [-0.39, 0.29) is 11.0 Å². The van der Waals surface area contributed by atoms with Crippen LogP contribution in [-0.4, -0.2) is 30.7 Å². The Kier molecular flexibility index (Phi) is 8.55. The van der Waals surface area contributed by atoms with Crippen LogP contribution in [0.25, 0.3) is 0 Å². The quantitative estimate of drug-likeness (QED) is 0.400. The van der Waals surface area contributed by atoms with Crippen molar-refractivity contribution in [3.8, 4) is 5.75 Å². The number of ether oxygens (including phenoxy) is 1. The van der Waals surface area contributed by atoms with Gasteiger partial charge in [0.15, 0.2) is 5.11 Å². The third-order valence-electron chi connectivity index (χ3n) is 5.44. The summed E-state index contributed by atoms with van der Waals surface area (Å²) >= 11 is 11.8. The number of piperidine rings is 1. The molecule has 2 aromatic rings. The van der Waals surface area contributed by atoms with Crippen LogP contribution in [0.4, 0.5) is 11.4 Å². The molecule has 1 fully saturated rings. The van der Waals surface area contributed by atoms with Crippen molar-refractivity contribution < 1.29 is 9.53 Å². The summed E-state index contributed by atoms with van der Waals surface area (Å²) in [7, 11) is 0. The van der Waals surface area contributed by atoms with Crippen LogP contribution in [0.2, 0.25) is 5.02 Å². The van der Waals surface area contributed by atoms with Gasteiger partial charge in [-0.2, -0.15) is 0 Å². The van der Waals surface area contributed by atoms with Gasteiger partial charge in [-0.15, -0.1) is 0 Å². The molecule has 0 unspecified atom stereocenters. The van der Waals surface area contributed by atoms with Crippen molar-refractivity contribution >= 4 is 46.2 Å². The Hall–Kier alpha value is -2.31. The van der Waals surface area contributed by atoms with E-state index in [1.807, 2.05) is 18.2 Å². The predicted octanol–water partition coefficient (Wildman–Crippen LogP) is 5.88. The number of unbranched alkanes of at least 4 members (excludes halogenated alkanes) is 1. The average molecular weight is 460 g/mol. The molecular formula is C24H30ClN3O2S. The van der Waals surface area contributed by atoms with E-state index >= 15 is 0 Å². The number of thiocarbonyl (C=S) groups is 1. The monoisotopic (exact) mass is 459 g/mol. The number of amides is 1. The second-order valence-corrected chi connectivity index (χ2v) is 8.79. The fourth-order valence-electron chi connectivity index (χ4n) is 3.47. The van der Waals surface area contributed by atoms with Crippen LogP contribution in [0, 0.1) is 5.92 Å². The summed E-state index contributed by atoms with van der Waals surface area (Å²) in [5, 5.41) is 6.64. The maximum absolute atomic E-state index is 12.5. The van der Waals surface area contributed by atoms with Crippen LogP contribution in [0.1, 0.15) is 49.9 Å². The molecule has 0 bridgehead atoms. The first-order valence-corrected chi connectivity index (χ1v) is 11.6. The smallest absolute Gasteiger partial charge is 0.257 e. The van der Waals surface area contributed by atoms with Crippen LogP contribution >= 0.6 is 23.8 Å². The minimum absolute atomic E-state index is 0.226. The molecule has 5 nitrogen and oxygen atoms in total. The molecule has 0 radical (unpaired) electrons. The van der Waals surface area contributed by atoms with Gasteiger partial charge in [-0.05, 0) is 79.9 Å². The molecule has 1 amide bonds. The number of halogens is 1. The van der Waals surface area contributed by atoms with Gasteiger partial charge >= 0.3 is 0 Å². The Morgan fingerprint density at radius 3 is 2.55 bits per heavy atom. The third-order valence-corrected chi connectivity index (χ3v) is 5.95. The molecule has 31 heavy (non-hydrogen) atoms. The second-order valence-electron chi connectivity index (χ2n) is 7.97. The van der Waals surface area contributed by atoms with Gasteiger partial charge in [0.2, 0.25) is 0 Å². The van der Waals surface area contributed by atoms with Gasteiger partial charge in [0.25, 0.3) is 5.91 Å². The molecule has 166 valence electrons. The number of nitrogens with one attached hydrogen (secondary N) is 2. The van der Waals surface area contributed by atoms with Crippen molar-refractivity contribution in [3.63, 3.8) is 0 Å². The molecule has 1 heterocycles. The first-order valence-electron chi connectivity index (χ1n) is 10.9. The lowest BCUT2D eigenvalue weighted by Crippen LogP contribution is -2.34. The SMILES string of the molecule is CCCCOc1ccc(C(=O)NC(=S)Nc2ccc(N3CCC(C)CC3)c(Cl)c2)cc1. The number of hydrogen-bond acceptors (Lipinski definition) is 4. The van der Waals surface area contributed by atoms with E-state index in [9.17, 15) is 4.79 Å². The Morgan fingerprint density at radius 2 is 1.90 bits per heavy atom. The average Bonchev–Trinajstić information content (AvgIpc) is 2.75. The minimum Gasteiger partial charge on any atom is -0.494 e. The summed E-state index contributed by atoms with van der Waals surface area (Å²) in [6.45, 7) is 7.12. The molecule has 1 saturated heterocycles. The molecule has 3 rings (SSSR count). The topological polar surface area (TPSA) is 53.6 Å². The van der Waals surface area contributed by atoms with Crippen molar-refractivity contribution in [3.05, 3.63) is 53.1 Å². The molecule has 0 spiro atoms. The lowest BCUT2D eigenvalue weighted by molar-refractivity contribution is 0.0977. The molecule has 2 N–H and O–H groups in total. The zero-order valence-corrected chi connectivity index (χ0v) is 19.7. The molecule has 0 aliphatic carbocycles. The van der Waals surface area contributed by atoms with Crippen molar-refractivity contribution in [2.75, 3.05) is 29.9 Å². The lowest BCUT2D eigenvalue weighted by Gasteiger charge is -2.32. The maximum atomic E-state index is 12.5. The first kappa shape index (κ1) is 23.4. The summed E-state index contributed by atoms with van der Waals surface area (Å²) in [5.41, 5.74) is 2.29. The fraction of sp³-hybridized carbons (Fsp3) is 0.417. The van der Waals surface area contributed by atoms with Crippen LogP contribution in [0.5, 0.6) is 5.75 Å². The third kappa shape index (κ3) is 6.84. The Morgan fingerprint density at radius 1 is 1.19 bits per heavy atom. The molecule has 0 saturated carbocycles. The molecule has 0 aromatic heterocycles. The minimum atomic E-state index is -0.275. The van der Waals surface area contributed by atoms with E-state index in [1.165, 1.54) is 12.8 Å². The van der Waals surface area contributed by atoms with Gasteiger partial charge in [-0.3, -0.25) is 10.1 Å². The van der Waals surface area contributed by atoms with Gasteiger partial charge in [0.1, 0.15) is 5.75 Å². The van der Waals surface area contributed by atoms with Crippen molar-refractivity contribution in [1.29, 1.82) is 0 Å². The number of benzene rings is 2. The van der Waals surface area contributed by atoms with E-state index in [2.05, 4.69) is 29.4 Å². The molecule has 0 atom stereocenters. The molecule has 7 heteroatoms. The predicted molar refractivity (Wildman–Crippen MR) is 133 cm³/mol. The highest BCUT2D eigenvalue weighted by Gasteiger charge is 2.18. The van der Waals surface area contributed by atoms with Crippen LogP contribution < -0.4 is 20.3 Å². The summed E-state index contributed by atoms with van der Waals surface area (Å²) in [6.07, 6.45) is 4.44. The summed E-state index contributed by atoms with van der Waals surface area (Å²) in [4.78, 5) is 14.8. The van der Waals surface area contributed by atoms with Crippen LogP contribution in [0.3, 0.4) is 0 Å².